The molecule has 1 aliphatic rings. The number of hydrogen-bond acceptors (Lipinski definition) is 7. The molecule has 35 heavy (non-hydrogen) atoms. The SMILES string of the molecule is CON=C(COc1ccc(COc2ccc3c(c2)OCC3CC(=O)O)cc1OC)c1ccccc1. The van der Waals surface area contributed by atoms with Gasteiger partial charge >= 0.3 is 5.97 Å². The molecule has 0 bridgehead atoms. The molecule has 0 saturated carbocycles. The zero-order valence-corrected chi connectivity index (χ0v) is 19.6. The van der Waals surface area contributed by atoms with E-state index in [9.17, 15) is 4.79 Å². The number of fused-ring (bicyclic) bond motifs is 1. The second kappa shape index (κ2) is 11.3. The van der Waals surface area contributed by atoms with Crippen LogP contribution in [-0.2, 0) is 16.2 Å². The smallest absolute Gasteiger partial charge is 0.304 e. The molecular formula is C27H27NO7. The summed E-state index contributed by atoms with van der Waals surface area (Å²) in [5.41, 5.74) is 3.36. The standard InChI is InChI=1S/C27H27NO7/c1-31-26-12-18(8-11-24(26)35-17-23(28-32-2)19-6-4-3-5-7-19)15-33-21-9-10-22-20(13-27(29)30)16-34-25(22)14-21/h3-12,14,20H,13,15-17H2,1-2H3,(H,29,30). The molecule has 0 aliphatic carbocycles. The van der Waals surface area contributed by atoms with E-state index < -0.39 is 5.97 Å². The van der Waals surface area contributed by atoms with Gasteiger partial charge in [0, 0.05) is 23.1 Å². The molecule has 3 aromatic rings. The molecular weight excluding hydrogens is 450 g/mol. The van der Waals surface area contributed by atoms with Crippen molar-refractivity contribution in [3.63, 3.8) is 0 Å². The van der Waals surface area contributed by atoms with Crippen molar-refractivity contribution in [2.75, 3.05) is 27.4 Å². The van der Waals surface area contributed by atoms with Crippen molar-refractivity contribution in [2.45, 2.75) is 18.9 Å². The van der Waals surface area contributed by atoms with Crippen LogP contribution in [0.2, 0.25) is 0 Å². The van der Waals surface area contributed by atoms with Gasteiger partial charge in [-0.25, -0.2) is 0 Å². The van der Waals surface area contributed by atoms with Gasteiger partial charge in [-0.05, 0) is 23.8 Å². The highest BCUT2D eigenvalue weighted by molar-refractivity contribution is 6.01. The summed E-state index contributed by atoms with van der Waals surface area (Å²) in [6.07, 6.45) is 0.0472. The minimum Gasteiger partial charge on any atom is -0.493 e. The summed E-state index contributed by atoms with van der Waals surface area (Å²) in [4.78, 5) is 16.0. The summed E-state index contributed by atoms with van der Waals surface area (Å²) in [5.74, 6) is 1.49. The third kappa shape index (κ3) is 6.03. The van der Waals surface area contributed by atoms with E-state index in [2.05, 4.69) is 5.16 Å². The summed E-state index contributed by atoms with van der Waals surface area (Å²) < 4.78 is 23.1. The maximum absolute atomic E-state index is 11.0. The van der Waals surface area contributed by atoms with Gasteiger partial charge in [-0.15, -0.1) is 0 Å². The number of carboxylic acids is 1. The highest BCUT2D eigenvalue weighted by Crippen LogP contribution is 2.38. The summed E-state index contributed by atoms with van der Waals surface area (Å²) in [5, 5.41) is 13.1. The van der Waals surface area contributed by atoms with Crippen molar-refractivity contribution in [3.05, 3.63) is 83.4 Å². The number of benzene rings is 3. The van der Waals surface area contributed by atoms with Gasteiger partial charge < -0.3 is 28.9 Å². The number of carboxylic acid groups (broad SMARTS) is 1. The number of hydrogen-bond donors (Lipinski definition) is 1. The van der Waals surface area contributed by atoms with E-state index in [0.717, 1.165) is 16.7 Å². The number of oxime groups is 1. The molecule has 8 nitrogen and oxygen atoms in total. The monoisotopic (exact) mass is 477 g/mol. The van der Waals surface area contributed by atoms with Gasteiger partial charge in [0.15, 0.2) is 11.5 Å². The second-order valence-electron chi connectivity index (χ2n) is 7.95. The fourth-order valence-corrected chi connectivity index (χ4v) is 3.86. The van der Waals surface area contributed by atoms with Crippen molar-refractivity contribution < 1.29 is 33.7 Å². The fourth-order valence-electron chi connectivity index (χ4n) is 3.86. The Morgan fingerprint density at radius 1 is 1.03 bits per heavy atom. The first-order valence-corrected chi connectivity index (χ1v) is 11.1. The molecule has 4 rings (SSSR count). The Hall–Kier alpha value is -4.20. The Labute approximate surface area is 203 Å². The number of aliphatic carboxylic acids is 1. The normalized spacial score (nSPS) is 14.6. The number of methoxy groups -OCH3 is 1. The van der Waals surface area contributed by atoms with Crippen LogP contribution in [-0.4, -0.2) is 44.2 Å². The lowest BCUT2D eigenvalue weighted by molar-refractivity contribution is -0.137. The number of carbonyl (C=O) groups is 1. The largest absolute Gasteiger partial charge is 0.493 e. The highest BCUT2D eigenvalue weighted by Gasteiger charge is 2.26. The zero-order valence-electron chi connectivity index (χ0n) is 19.6. The molecule has 0 saturated heterocycles. The van der Waals surface area contributed by atoms with Crippen molar-refractivity contribution in [1.82, 2.24) is 0 Å². The first-order chi connectivity index (χ1) is 17.1. The van der Waals surface area contributed by atoms with Crippen LogP contribution in [0.25, 0.3) is 0 Å². The Kier molecular flexibility index (Phi) is 7.72. The molecule has 0 amide bonds. The van der Waals surface area contributed by atoms with Crippen molar-refractivity contribution in [1.29, 1.82) is 0 Å². The third-order valence-corrected chi connectivity index (χ3v) is 5.59. The van der Waals surface area contributed by atoms with Crippen LogP contribution in [0, 0.1) is 0 Å². The third-order valence-electron chi connectivity index (χ3n) is 5.59. The lowest BCUT2D eigenvalue weighted by atomic mass is 9.98. The molecule has 182 valence electrons. The molecule has 3 aromatic carbocycles. The van der Waals surface area contributed by atoms with Gasteiger partial charge in [0.1, 0.15) is 37.5 Å². The topological polar surface area (TPSA) is 95.8 Å². The molecule has 8 heteroatoms. The maximum atomic E-state index is 11.0. The van der Waals surface area contributed by atoms with Crippen molar-refractivity contribution in [3.8, 4) is 23.0 Å². The molecule has 1 aliphatic heterocycles. The van der Waals surface area contributed by atoms with Gasteiger partial charge in [-0.2, -0.15) is 0 Å². The zero-order chi connectivity index (χ0) is 24.6. The Morgan fingerprint density at radius 3 is 2.60 bits per heavy atom. The number of ether oxygens (including phenoxy) is 4. The van der Waals surface area contributed by atoms with Gasteiger partial charge in [0.2, 0.25) is 0 Å². The van der Waals surface area contributed by atoms with E-state index in [4.69, 9.17) is 28.9 Å². The number of nitrogens with zero attached hydrogens (tertiary/aromatic N) is 1. The van der Waals surface area contributed by atoms with E-state index >= 15 is 0 Å². The van der Waals surface area contributed by atoms with Crippen LogP contribution in [0.15, 0.2) is 71.9 Å². The molecule has 1 N–H and O–H groups in total. The van der Waals surface area contributed by atoms with Crippen LogP contribution in [0.1, 0.15) is 29.0 Å². The van der Waals surface area contributed by atoms with Gasteiger partial charge in [0.25, 0.3) is 0 Å². The quantitative estimate of drug-likeness (QED) is 0.317. The van der Waals surface area contributed by atoms with Crippen LogP contribution in [0.5, 0.6) is 23.0 Å². The Bertz CT molecular complexity index is 1190. The summed E-state index contributed by atoms with van der Waals surface area (Å²) in [6, 6.07) is 20.8. The second-order valence-corrected chi connectivity index (χ2v) is 7.95. The van der Waals surface area contributed by atoms with E-state index in [1.807, 2.05) is 60.7 Å². The van der Waals surface area contributed by atoms with Crippen molar-refractivity contribution in [2.24, 2.45) is 5.16 Å². The first-order valence-electron chi connectivity index (χ1n) is 11.1. The maximum Gasteiger partial charge on any atom is 0.304 e. The van der Waals surface area contributed by atoms with Gasteiger partial charge in [-0.1, -0.05) is 47.6 Å². The molecule has 0 spiro atoms. The molecule has 0 fully saturated rings. The molecule has 0 radical (unpaired) electrons. The van der Waals surface area contributed by atoms with E-state index in [0.29, 0.717) is 41.9 Å². The minimum absolute atomic E-state index is 0.0472. The average molecular weight is 478 g/mol. The lowest BCUT2D eigenvalue weighted by Crippen LogP contribution is -2.14. The van der Waals surface area contributed by atoms with Crippen LogP contribution in [0.4, 0.5) is 0 Å². The lowest BCUT2D eigenvalue weighted by Gasteiger charge is -2.14. The Balaban J connectivity index is 1.39. The summed E-state index contributed by atoms with van der Waals surface area (Å²) in [7, 11) is 3.08. The average Bonchev–Trinajstić information content (AvgIpc) is 3.27. The molecule has 0 aromatic heterocycles. The predicted octanol–water partition coefficient (Wildman–Crippen LogP) is 4.65. The van der Waals surface area contributed by atoms with Crippen molar-refractivity contribution >= 4 is 11.7 Å². The van der Waals surface area contributed by atoms with Crippen LogP contribution in [0.3, 0.4) is 0 Å². The molecule has 1 unspecified atom stereocenters. The predicted molar refractivity (Wildman–Crippen MR) is 130 cm³/mol. The summed E-state index contributed by atoms with van der Waals surface area (Å²) >= 11 is 0. The van der Waals surface area contributed by atoms with E-state index in [-0.39, 0.29) is 18.9 Å². The minimum atomic E-state index is -0.838. The van der Waals surface area contributed by atoms with Crippen LogP contribution >= 0.6 is 0 Å². The molecule has 1 atom stereocenters. The number of rotatable bonds is 11. The van der Waals surface area contributed by atoms with E-state index in [1.54, 1.807) is 13.2 Å². The van der Waals surface area contributed by atoms with E-state index in [1.165, 1.54) is 7.11 Å². The van der Waals surface area contributed by atoms with Gasteiger partial charge in [0.05, 0.1) is 20.1 Å². The highest BCUT2D eigenvalue weighted by atomic mass is 16.6. The first kappa shape index (κ1) is 23.9. The van der Waals surface area contributed by atoms with Gasteiger partial charge in [-0.3, -0.25) is 4.79 Å². The van der Waals surface area contributed by atoms with Crippen LogP contribution < -0.4 is 18.9 Å². The molecule has 1 heterocycles. The fraction of sp³-hybridized carbons (Fsp3) is 0.259. The summed E-state index contributed by atoms with van der Waals surface area (Å²) in [6.45, 7) is 0.890. The Morgan fingerprint density at radius 2 is 1.86 bits per heavy atom.